The SMILES string of the molecule is CC(C)(C)CC1OC(COC2C(CO)OC(COCC3OC(COCC4OC(CO)C(O)C4O)C(OCC4OC(CO)C(O)C4OCC4OC(CO)C(OCC5OC(COCC6OC(CO)C(O)C6O)C(OCC6OC(CO)C(O)C6OCC6OC(CO)C(O)C6O)C5O)C4OCC4OC(CO)C(O)C4O)C3O)C2O)C(O)C1O. The Morgan fingerprint density at radius 3 is 0.623 bits per heavy atom. The van der Waals surface area contributed by atoms with Crippen molar-refractivity contribution in [1.82, 2.24) is 0 Å². The zero-order valence-corrected chi connectivity index (χ0v) is 63.3. The molecule has 0 amide bonds. The minimum atomic E-state index is -1.65. The van der Waals surface area contributed by atoms with E-state index in [4.69, 9.17) is 99.5 Å². The van der Waals surface area contributed by atoms with Crippen molar-refractivity contribution in [3.8, 4) is 0 Å². The van der Waals surface area contributed by atoms with E-state index in [1.165, 1.54) is 0 Å². The van der Waals surface area contributed by atoms with Crippen LogP contribution >= 0.6 is 0 Å². The minimum Gasteiger partial charge on any atom is -0.394 e. The molecule has 0 aromatic rings. The smallest absolute Gasteiger partial charge is 0.115 e. The molecule has 11 heterocycles. The molecule has 11 fully saturated rings. The fourth-order valence-corrected chi connectivity index (χ4v) is 16.5. The summed E-state index contributed by atoms with van der Waals surface area (Å²) in [5.41, 5.74) is -0.246. The molecular weight excluding hydrogens is 1540 g/mol. The molecule has 11 saturated heterocycles. The van der Waals surface area contributed by atoms with Gasteiger partial charge in [0.2, 0.25) is 0 Å². The summed E-state index contributed by atoms with van der Waals surface area (Å²) in [4.78, 5) is 0. The van der Waals surface area contributed by atoms with Crippen LogP contribution in [0.5, 0.6) is 0 Å². The second-order valence-electron chi connectivity index (χ2n) is 32.1. The predicted molar refractivity (Wildman–Crippen MR) is 367 cm³/mol. The van der Waals surface area contributed by atoms with E-state index in [0.717, 1.165) is 0 Å². The Hall–Kier alpha value is -1.76. The van der Waals surface area contributed by atoms with Crippen molar-refractivity contribution < 1.29 is 217 Å². The van der Waals surface area contributed by atoms with Crippen LogP contribution < -0.4 is 0 Å². The highest BCUT2D eigenvalue weighted by molar-refractivity contribution is 5.03. The Labute approximate surface area is 655 Å². The van der Waals surface area contributed by atoms with Gasteiger partial charge in [0.15, 0.2) is 0 Å². The van der Waals surface area contributed by atoms with Gasteiger partial charge in [-0.15, -0.1) is 0 Å². The van der Waals surface area contributed by atoms with E-state index < -0.39 is 368 Å². The first-order valence-electron chi connectivity index (χ1n) is 38.8. The molecule has 0 aromatic heterocycles. The van der Waals surface area contributed by atoms with Crippen molar-refractivity contribution in [3.05, 3.63) is 0 Å². The number of aliphatic hydroxyl groups excluding tert-OH is 23. The van der Waals surface area contributed by atoms with Crippen molar-refractivity contribution in [2.45, 2.75) is 296 Å². The van der Waals surface area contributed by atoms with Gasteiger partial charge in [-0.2, -0.15) is 0 Å². The second-order valence-corrected chi connectivity index (χ2v) is 32.1. The molecule has 23 N–H and O–H groups in total. The van der Waals surface area contributed by atoms with E-state index >= 15 is 0 Å². The van der Waals surface area contributed by atoms with Gasteiger partial charge in [-0.25, -0.2) is 0 Å². The van der Waals surface area contributed by atoms with Gasteiger partial charge < -0.3 is 217 Å². The van der Waals surface area contributed by atoms with E-state index in [2.05, 4.69) is 0 Å². The molecule has 44 nitrogen and oxygen atoms in total. The Bertz CT molecular complexity index is 2820. The molecule has 11 rings (SSSR count). The summed E-state index contributed by atoms with van der Waals surface area (Å²) < 4.78 is 127. The number of hydrogen-bond acceptors (Lipinski definition) is 44. The molecule has 11 aliphatic heterocycles. The number of aliphatic hydroxyl groups is 23. The van der Waals surface area contributed by atoms with Gasteiger partial charge in [-0.05, 0) is 11.8 Å². The topological polar surface area (TPSA) is 659 Å². The second kappa shape index (κ2) is 42.1. The summed E-state index contributed by atoms with van der Waals surface area (Å²) in [6.45, 7) is -5.18. The van der Waals surface area contributed by atoms with Gasteiger partial charge >= 0.3 is 0 Å². The van der Waals surface area contributed by atoms with Gasteiger partial charge in [0.1, 0.15) is 262 Å². The molecule has 44 unspecified atom stereocenters. The molecule has 44 atom stereocenters. The predicted octanol–water partition coefficient (Wildman–Crippen LogP) is -15.0. The number of ether oxygens (including phenoxy) is 21. The molecule has 0 aliphatic carbocycles. The van der Waals surface area contributed by atoms with E-state index in [1.54, 1.807) is 0 Å². The Morgan fingerprint density at radius 1 is 0.175 bits per heavy atom. The third-order valence-corrected chi connectivity index (χ3v) is 23.0. The van der Waals surface area contributed by atoms with Gasteiger partial charge in [0, 0.05) is 0 Å². The monoisotopic (exact) mass is 1660 g/mol. The summed E-state index contributed by atoms with van der Waals surface area (Å²) in [5.74, 6) is 0. The zero-order chi connectivity index (χ0) is 82.3. The normalized spacial score (nSPS) is 48.5. The average molecular weight is 1670 g/mol. The van der Waals surface area contributed by atoms with Gasteiger partial charge in [-0.3, -0.25) is 0 Å². The summed E-state index contributed by atoms with van der Waals surface area (Å²) in [6, 6.07) is 0. The average Bonchev–Trinajstić information content (AvgIpc) is 1.64. The van der Waals surface area contributed by atoms with Crippen LogP contribution in [0.25, 0.3) is 0 Å². The molecular formula is C70H120O44. The van der Waals surface area contributed by atoms with Crippen molar-refractivity contribution in [2.24, 2.45) is 5.41 Å². The summed E-state index contributed by atoms with van der Waals surface area (Å²) >= 11 is 0. The van der Waals surface area contributed by atoms with Crippen LogP contribution in [0.4, 0.5) is 0 Å². The fraction of sp³-hybridized carbons (Fsp3) is 1.00. The molecule has 44 heteroatoms. The summed E-state index contributed by atoms with van der Waals surface area (Å²) in [6.07, 6.45) is -56.9. The summed E-state index contributed by atoms with van der Waals surface area (Å²) in [7, 11) is 0. The molecule has 0 bridgehead atoms. The highest BCUT2D eigenvalue weighted by Crippen LogP contribution is 2.39. The van der Waals surface area contributed by atoms with Crippen LogP contribution in [-0.2, 0) is 99.5 Å². The maximum Gasteiger partial charge on any atom is 0.115 e. The van der Waals surface area contributed by atoms with Crippen molar-refractivity contribution >= 4 is 0 Å². The van der Waals surface area contributed by atoms with E-state index in [1.807, 2.05) is 20.8 Å². The van der Waals surface area contributed by atoms with Crippen molar-refractivity contribution in [1.29, 1.82) is 0 Å². The van der Waals surface area contributed by atoms with E-state index in [0.29, 0.717) is 6.42 Å². The fourth-order valence-electron chi connectivity index (χ4n) is 16.5. The first-order chi connectivity index (χ1) is 54.5. The van der Waals surface area contributed by atoms with Gasteiger partial charge in [0.25, 0.3) is 0 Å². The number of hydrogen-bond donors (Lipinski definition) is 23. The van der Waals surface area contributed by atoms with Crippen LogP contribution in [0.2, 0.25) is 0 Å². The van der Waals surface area contributed by atoms with Gasteiger partial charge in [0.05, 0.1) is 145 Å². The van der Waals surface area contributed by atoms with Crippen molar-refractivity contribution in [2.75, 3.05) is 139 Å². The lowest BCUT2D eigenvalue weighted by atomic mass is 9.87. The van der Waals surface area contributed by atoms with Crippen LogP contribution in [0.1, 0.15) is 27.2 Å². The van der Waals surface area contributed by atoms with E-state index in [9.17, 15) is 117 Å². The third kappa shape index (κ3) is 21.3. The Kier molecular flexibility index (Phi) is 34.3. The quantitative estimate of drug-likeness (QED) is 0.0270. The summed E-state index contributed by atoms with van der Waals surface area (Å²) in [5, 5.41) is 246. The van der Waals surface area contributed by atoms with Gasteiger partial charge in [-0.1, -0.05) is 20.8 Å². The van der Waals surface area contributed by atoms with Crippen LogP contribution in [-0.4, -0.2) is 525 Å². The number of rotatable bonds is 42. The lowest BCUT2D eigenvalue weighted by Crippen LogP contribution is -2.46. The molecule has 114 heavy (non-hydrogen) atoms. The largest absolute Gasteiger partial charge is 0.394 e. The first-order valence-corrected chi connectivity index (χ1v) is 38.8. The zero-order valence-electron chi connectivity index (χ0n) is 63.3. The highest BCUT2D eigenvalue weighted by atomic mass is 16.7. The maximum atomic E-state index is 12.2. The minimum absolute atomic E-state index is 0.246. The van der Waals surface area contributed by atoms with E-state index in [-0.39, 0.29) is 45.1 Å². The highest BCUT2D eigenvalue weighted by Gasteiger charge is 2.57. The molecule has 0 radical (unpaired) electrons. The lowest BCUT2D eigenvalue weighted by Gasteiger charge is -2.29. The molecule has 0 spiro atoms. The Morgan fingerprint density at radius 2 is 0.325 bits per heavy atom. The Balaban J connectivity index is 0.756. The van der Waals surface area contributed by atoms with Crippen LogP contribution in [0, 0.1) is 5.41 Å². The van der Waals surface area contributed by atoms with Crippen molar-refractivity contribution in [3.63, 3.8) is 0 Å². The third-order valence-electron chi connectivity index (χ3n) is 23.0. The lowest BCUT2D eigenvalue weighted by molar-refractivity contribution is -0.145. The van der Waals surface area contributed by atoms with Crippen LogP contribution in [0.15, 0.2) is 0 Å². The standard InChI is InChI=1S/C70H120O44/c1-70(2,3)4-26-48(79)55(86)39(104-26)19-97-63-33(11-77)111-37(60(63)91)15-94-16-38-61(92)64(43(113-38)17-95-13-35-53(84)49(80)27(5-71)105-35)99-24-46-67(59(90)32(10-76)110-46)101-25-47-69(103-21-41-57(88)52(83)30(8-74)108-41)68(34(12-78)112-47)102-22-42-62(93)65(44(114-42)18-96-14-36-54(85)50(81)28(6-72)106-36)100-23-45-66(58(89)31(9-75)109-45)98-20-40-56(87)51(82)29(7-73)107-40/h26-69,71-93H,4-25H2,1-3H3. The molecule has 664 valence electrons. The molecule has 0 saturated carbocycles. The molecule has 0 aromatic carbocycles. The molecule has 11 aliphatic rings. The van der Waals surface area contributed by atoms with Crippen LogP contribution in [0.3, 0.4) is 0 Å². The first kappa shape index (κ1) is 92.9. The maximum absolute atomic E-state index is 12.2.